The van der Waals surface area contributed by atoms with E-state index >= 15 is 0 Å². The zero-order valence-corrected chi connectivity index (χ0v) is 11.9. The first-order valence-electron chi connectivity index (χ1n) is 5.24. The van der Waals surface area contributed by atoms with Gasteiger partial charge in [-0.1, -0.05) is 0 Å². The molecule has 1 aromatic rings. The lowest BCUT2D eigenvalue weighted by atomic mass is 10.1. The van der Waals surface area contributed by atoms with Gasteiger partial charge in [-0.05, 0) is 43.4 Å². The molecule has 0 saturated heterocycles. The number of nitrogens with two attached hydrogens (primary N) is 1. The van der Waals surface area contributed by atoms with Crippen LogP contribution in [0.2, 0.25) is 0 Å². The van der Waals surface area contributed by atoms with Crippen LogP contribution < -0.4 is 10.5 Å². The maximum Gasteiger partial charge on any atom is 0.242 e. The molecule has 96 valence electrons. The SMILES string of the molecule is CSCCNS(=O)(=O)c1cc(C)c(C)cc1N. The third kappa shape index (κ3) is 3.62. The van der Waals surface area contributed by atoms with Crippen LogP contribution in [0.3, 0.4) is 0 Å². The quantitative estimate of drug-likeness (QED) is 0.631. The fourth-order valence-corrected chi connectivity index (χ4v) is 3.06. The fraction of sp³-hybridized carbons (Fsp3) is 0.455. The first-order chi connectivity index (χ1) is 7.88. The first kappa shape index (κ1) is 14.3. The summed E-state index contributed by atoms with van der Waals surface area (Å²) < 4.78 is 26.5. The Kier molecular flexibility index (Phi) is 4.85. The molecule has 17 heavy (non-hydrogen) atoms. The van der Waals surface area contributed by atoms with Gasteiger partial charge in [-0.25, -0.2) is 13.1 Å². The summed E-state index contributed by atoms with van der Waals surface area (Å²) in [6.45, 7) is 4.19. The second kappa shape index (κ2) is 5.75. The average molecular weight is 274 g/mol. The lowest BCUT2D eigenvalue weighted by Crippen LogP contribution is -2.26. The smallest absolute Gasteiger partial charge is 0.242 e. The summed E-state index contributed by atoms with van der Waals surface area (Å²) in [6, 6.07) is 3.31. The van der Waals surface area contributed by atoms with Crippen LogP contribution in [0.4, 0.5) is 5.69 Å². The summed E-state index contributed by atoms with van der Waals surface area (Å²) in [6.07, 6.45) is 1.93. The maximum absolute atomic E-state index is 12.0. The molecule has 6 heteroatoms. The van der Waals surface area contributed by atoms with Gasteiger partial charge in [0.05, 0.1) is 5.69 Å². The zero-order valence-electron chi connectivity index (χ0n) is 10.3. The molecule has 4 nitrogen and oxygen atoms in total. The molecular formula is C11H18N2O2S2. The topological polar surface area (TPSA) is 72.2 Å². The van der Waals surface area contributed by atoms with Crippen molar-refractivity contribution in [1.29, 1.82) is 0 Å². The number of benzene rings is 1. The van der Waals surface area contributed by atoms with Gasteiger partial charge >= 0.3 is 0 Å². The molecule has 1 aromatic carbocycles. The highest BCUT2D eigenvalue weighted by molar-refractivity contribution is 7.98. The van der Waals surface area contributed by atoms with Gasteiger partial charge < -0.3 is 5.73 Å². The van der Waals surface area contributed by atoms with Gasteiger partial charge in [-0.3, -0.25) is 0 Å². The van der Waals surface area contributed by atoms with Gasteiger partial charge in [-0.2, -0.15) is 11.8 Å². The highest BCUT2D eigenvalue weighted by Gasteiger charge is 2.17. The van der Waals surface area contributed by atoms with E-state index < -0.39 is 10.0 Å². The van der Waals surface area contributed by atoms with Gasteiger partial charge in [0, 0.05) is 12.3 Å². The van der Waals surface area contributed by atoms with Crippen LogP contribution in [0.1, 0.15) is 11.1 Å². The third-order valence-electron chi connectivity index (χ3n) is 2.51. The van der Waals surface area contributed by atoms with Crippen molar-refractivity contribution in [2.24, 2.45) is 0 Å². The molecule has 0 radical (unpaired) electrons. The largest absolute Gasteiger partial charge is 0.398 e. The van der Waals surface area contributed by atoms with E-state index in [9.17, 15) is 8.42 Å². The van der Waals surface area contributed by atoms with Gasteiger partial charge in [-0.15, -0.1) is 0 Å². The van der Waals surface area contributed by atoms with Crippen LogP contribution in [0.5, 0.6) is 0 Å². The Labute approximate surface area is 107 Å². The average Bonchev–Trinajstić information content (AvgIpc) is 2.23. The summed E-state index contributed by atoms with van der Waals surface area (Å²) >= 11 is 1.59. The first-order valence-corrected chi connectivity index (χ1v) is 8.11. The summed E-state index contributed by atoms with van der Waals surface area (Å²) in [5, 5.41) is 0. The van der Waals surface area contributed by atoms with E-state index in [0.717, 1.165) is 16.9 Å². The number of sulfonamides is 1. The van der Waals surface area contributed by atoms with E-state index in [-0.39, 0.29) is 4.90 Å². The molecule has 0 bridgehead atoms. The number of hydrogen-bond donors (Lipinski definition) is 2. The monoisotopic (exact) mass is 274 g/mol. The fourth-order valence-electron chi connectivity index (χ4n) is 1.40. The van der Waals surface area contributed by atoms with Gasteiger partial charge in [0.25, 0.3) is 0 Å². The van der Waals surface area contributed by atoms with E-state index in [1.54, 1.807) is 23.9 Å². The molecule has 0 atom stereocenters. The second-order valence-electron chi connectivity index (χ2n) is 3.86. The van der Waals surface area contributed by atoms with Crippen molar-refractivity contribution in [3.05, 3.63) is 23.3 Å². The van der Waals surface area contributed by atoms with Crippen LogP contribution >= 0.6 is 11.8 Å². The van der Waals surface area contributed by atoms with E-state index in [1.165, 1.54) is 0 Å². The third-order valence-corrected chi connectivity index (χ3v) is 4.64. The van der Waals surface area contributed by atoms with Crippen molar-refractivity contribution in [2.75, 3.05) is 24.3 Å². The number of anilines is 1. The van der Waals surface area contributed by atoms with E-state index in [4.69, 9.17) is 5.73 Å². The molecule has 0 unspecified atom stereocenters. The molecule has 0 aliphatic rings. The molecule has 0 aliphatic heterocycles. The van der Waals surface area contributed by atoms with Crippen LogP contribution in [-0.2, 0) is 10.0 Å². The van der Waals surface area contributed by atoms with Gasteiger partial charge in [0.15, 0.2) is 0 Å². The van der Waals surface area contributed by atoms with Crippen LogP contribution in [0.15, 0.2) is 17.0 Å². The van der Waals surface area contributed by atoms with Crippen molar-refractivity contribution in [3.63, 3.8) is 0 Å². The predicted molar refractivity (Wildman–Crippen MR) is 73.9 cm³/mol. The van der Waals surface area contributed by atoms with Crippen molar-refractivity contribution < 1.29 is 8.42 Å². The molecule has 0 aromatic heterocycles. The Balaban J connectivity index is 3.03. The van der Waals surface area contributed by atoms with E-state index in [1.807, 2.05) is 20.1 Å². The normalized spacial score (nSPS) is 11.7. The number of nitrogen functional groups attached to an aromatic ring is 1. The minimum absolute atomic E-state index is 0.168. The van der Waals surface area contributed by atoms with Crippen molar-refractivity contribution >= 4 is 27.5 Å². The Bertz CT molecular complexity index is 498. The highest BCUT2D eigenvalue weighted by atomic mass is 32.2. The predicted octanol–water partition coefficient (Wildman–Crippen LogP) is 1.53. The summed E-state index contributed by atoms with van der Waals surface area (Å²) in [4.78, 5) is 0.168. The van der Waals surface area contributed by atoms with Gasteiger partial charge in [0.2, 0.25) is 10.0 Å². The molecular weight excluding hydrogens is 256 g/mol. The molecule has 0 amide bonds. The lowest BCUT2D eigenvalue weighted by Gasteiger charge is -2.11. The summed E-state index contributed by atoms with van der Waals surface area (Å²) in [5.74, 6) is 0.740. The Hall–Kier alpha value is -0.720. The minimum atomic E-state index is -3.49. The van der Waals surface area contributed by atoms with E-state index in [2.05, 4.69) is 4.72 Å². The van der Waals surface area contributed by atoms with Crippen molar-refractivity contribution in [1.82, 2.24) is 4.72 Å². The van der Waals surface area contributed by atoms with Crippen molar-refractivity contribution in [3.8, 4) is 0 Å². The Morgan fingerprint density at radius 2 is 1.88 bits per heavy atom. The molecule has 0 spiro atoms. The zero-order chi connectivity index (χ0) is 13.1. The highest BCUT2D eigenvalue weighted by Crippen LogP contribution is 2.22. The van der Waals surface area contributed by atoms with Crippen LogP contribution in [0.25, 0.3) is 0 Å². The number of nitrogens with one attached hydrogen (secondary N) is 1. The van der Waals surface area contributed by atoms with Crippen molar-refractivity contribution in [2.45, 2.75) is 18.7 Å². The molecule has 0 heterocycles. The minimum Gasteiger partial charge on any atom is -0.398 e. The van der Waals surface area contributed by atoms with Crippen LogP contribution in [-0.4, -0.2) is 27.0 Å². The lowest BCUT2D eigenvalue weighted by molar-refractivity contribution is 0.584. The number of hydrogen-bond acceptors (Lipinski definition) is 4. The number of aryl methyl sites for hydroxylation is 2. The molecule has 0 fully saturated rings. The van der Waals surface area contributed by atoms with Gasteiger partial charge in [0.1, 0.15) is 4.90 Å². The number of rotatable bonds is 5. The maximum atomic E-state index is 12.0. The van der Waals surface area contributed by atoms with Crippen LogP contribution in [0, 0.1) is 13.8 Å². The number of thioether (sulfide) groups is 1. The molecule has 0 aliphatic carbocycles. The standard InChI is InChI=1S/C11H18N2O2S2/c1-8-6-10(12)11(7-9(8)2)17(14,15)13-4-5-16-3/h6-7,13H,4-5,12H2,1-3H3. The molecule has 1 rings (SSSR count). The summed E-state index contributed by atoms with van der Waals surface area (Å²) in [5.41, 5.74) is 7.96. The Morgan fingerprint density at radius 3 is 2.47 bits per heavy atom. The molecule has 3 N–H and O–H groups in total. The van der Waals surface area contributed by atoms with E-state index in [0.29, 0.717) is 12.2 Å². The Morgan fingerprint density at radius 1 is 1.29 bits per heavy atom. The summed E-state index contributed by atoms with van der Waals surface area (Å²) in [7, 11) is -3.49. The second-order valence-corrected chi connectivity index (χ2v) is 6.59. The molecule has 0 saturated carbocycles.